The number of halogens is 6. The van der Waals surface area contributed by atoms with Gasteiger partial charge in [0.05, 0.1) is 13.3 Å². The van der Waals surface area contributed by atoms with Gasteiger partial charge in [0.25, 0.3) is 0 Å². The molecule has 0 aliphatic carbocycles. The van der Waals surface area contributed by atoms with E-state index < -0.39 is 11.6 Å². The average Bonchev–Trinajstić information content (AvgIpc) is 3.26. The van der Waals surface area contributed by atoms with Crippen molar-refractivity contribution in [2.45, 2.75) is 24.8 Å². The van der Waals surface area contributed by atoms with E-state index in [0.717, 1.165) is 22.7 Å². The number of hydrogen-bond donors (Lipinski definition) is 0. The molecule has 3 nitrogen and oxygen atoms in total. The quantitative estimate of drug-likeness (QED) is 0.135. The molecule has 1 aliphatic rings. The molecule has 0 saturated carbocycles. The topological polar surface area (TPSA) is 15.7 Å². The molecule has 2 unspecified atom stereocenters. The van der Waals surface area contributed by atoms with Crippen LogP contribution >= 0.6 is 82.0 Å². The minimum Gasteiger partial charge on any atom is -0.365 e. The van der Waals surface area contributed by atoms with E-state index in [4.69, 9.17) is 62.7 Å². The van der Waals surface area contributed by atoms with Crippen molar-refractivity contribution in [2.24, 2.45) is 0 Å². The van der Waals surface area contributed by atoms with Crippen molar-refractivity contribution < 1.29 is 4.74 Å². The average molecular weight is 671 g/mol. The summed E-state index contributed by atoms with van der Waals surface area (Å²) in [4.78, 5) is 4.22. The van der Waals surface area contributed by atoms with Gasteiger partial charge in [0, 0.05) is 39.0 Å². The van der Waals surface area contributed by atoms with Crippen LogP contribution < -0.4 is 0 Å². The summed E-state index contributed by atoms with van der Waals surface area (Å²) in [5.41, 5.74) is 2.47. The predicted molar refractivity (Wildman–Crippen MR) is 153 cm³/mol. The van der Waals surface area contributed by atoms with Crippen molar-refractivity contribution in [2.75, 3.05) is 6.67 Å². The summed E-state index contributed by atoms with van der Waals surface area (Å²) in [7, 11) is 0. The molecule has 0 N–H and O–H groups in total. The molecule has 0 aromatic heterocycles. The van der Waals surface area contributed by atoms with E-state index in [1.807, 2.05) is 71.9 Å². The second-order valence-electron chi connectivity index (χ2n) is 7.72. The van der Waals surface area contributed by atoms with Crippen molar-refractivity contribution in [3.05, 3.63) is 116 Å². The molecule has 0 fully saturated rings. The predicted octanol–water partition coefficient (Wildman–Crippen LogP) is 8.99. The fourth-order valence-electron chi connectivity index (χ4n) is 3.55. The van der Waals surface area contributed by atoms with Gasteiger partial charge in [-0.05, 0) is 53.1 Å². The first-order valence-corrected chi connectivity index (χ1v) is 12.2. The molecule has 3 aromatic rings. The van der Waals surface area contributed by atoms with E-state index in [-0.39, 0.29) is 24.0 Å². The first kappa shape index (κ1) is 27.7. The maximum Gasteiger partial charge on any atom is 0.135 e. The smallest absolute Gasteiger partial charge is 0.135 e. The molecule has 0 saturated heterocycles. The molecular weight excluding hydrogens is 648 g/mol. The summed E-state index contributed by atoms with van der Waals surface area (Å²) < 4.78 is 6.30. The molecule has 0 spiro atoms. The third-order valence-electron chi connectivity index (χ3n) is 5.31. The van der Waals surface area contributed by atoms with Crippen LogP contribution in [-0.2, 0) is 17.9 Å². The van der Waals surface area contributed by atoms with Crippen LogP contribution in [0.25, 0.3) is 0 Å². The van der Waals surface area contributed by atoms with Gasteiger partial charge in [0.2, 0.25) is 0 Å². The molecule has 3 aromatic carbocycles. The van der Waals surface area contributed by atoms with Gasteiger partial charge in [-0.15, -0.1) is 24.0 Å². The molecule has 0 amide bonds. The molecule has 2 atom stereocenters. The zero-order valence-corrected chi connectivity index (χ0v) is 24.0. The Kier molecular flexibility index (Phi) is 10.5. The molecule has 34 heavy (non-hydrogen) atoms. The van der Waals surface area contributed by atoms with E-state index in [0.29, 0.717) is 28.3 Å². The second kappa shape index (κ2) is 12.9. The van der Waals surface area contributed by atoms with Gasteiger partial charge in [-0.2, -0.15) is 0 Å². The van der Waals surface area contributed by atoms with Gasteiger partial charge in [-0.3, -0.25) is 0 Å². The minimum atomic E-state index is -0.455. The normalized spacial score (nSPS) is 14.7. The highest BCUT2D eigenvalue weighted by Gasteiger charge is 2.29. The summed E-state index contributed by atoms with van der Waals surface area (Å²) in [5.74, 6) is 0. The van der Waals surface area contributed by atoms with Crippen LogP contribution in [0, 0.1) is 0 Å². The first-order chi connectivity index (χ1) is 15.9. The number of ether oxygens (including phenoxy) is 1. The molecule has 0 bridgehead atoms. The highest BCUT2D eigenvalue weighted by Crippen LogP contribution is 2.33. The fourth-order valence-corrected chi connectivity index (χ4v) is 4.61. The molecule has 9 heteroatoms. The van der Waals surface area contributed by atoms with Crippen LogP contribution in [0.4, 0.5) is 0 Å². The molecule has 1 aliphatic heterocycles. The number of nitrogens with zero attached hydrogens (tertiary/aromatic N) is 2. The Labute approximate surface area is 242 Å². The maximum absolute atomic E-state index is 6.97. The van der Waals surface area contributed by atoms with Crippen molar-refractivity contribution in [3.8, 4) is 0 Å². The Bertz CT molecular complexity index is 1110. The van der Waals surface area contributed by atoms with Gasteiger partial charge in [-0.1, -0.05) is 88.3 Å². The highest BCUT2D eigenvalue weighted by molar-refractivity contribution is 14.0. The largest absolute Gasteiger partial charge is 0.365 e. The van der Waals surface area contributed by atoms with Crippen molar-refractivity contribution in [1.29, 1.82) is 0 Å². The Balaban J connectivity index is 0.00000324. The molecule has 4 rings (SSSR count). The number of rotatable bonds is 8. The SMILES string of the molecule is Clc1ccc(CN2C=CN(C(Cl)C(OCc3ccc(Cl)cc3Cl)c3ccc(Cl)cc3)C2)cc1.I. The maximum atomic E-state index is 6.97. The summed E-state index contributed by atoms with van der Waals surface area (Å²) in [5, 5.41) is 2.51. The summed E-state index contributed by atoms with van der Waals surface area (Å²) in [6.45, 7) is 1.67. The van der Waals surface area contributed by atoms with Crippen molar-refractivity contribution in [1.82, 2.24) is 9.80 Å². The van der Waals surface area contributed by atoms with Gasteiger partial charge >= 0.3 is 0 Å². The monoisotopic (exact) mass is 668 g/mol. The Hall–Kier alpha value is -0.860. The number of hydrogen-bond acceptors (Lipinski definition) is 3. The van der Waals surface area contributed by atoms with Crippen molar-refractivity contribution in [3.63, 3.8) is 0 Å². The second-order valence-corrected chi connectivity index (χ2v) is 9.88. The minimum absolute atomic E-state index is 0. The Morgan fingerprint density at radius 3 is 2.06 bits per heavy atom. The van der Waals surface area contributed by atoms with Crippen LogP contribution in [-0.4, -0.2) is 22.0 Å². The van der Waals surface area contributed by atoms with E-state index in [1.54, 1.807) is 12.1 Å². The molecule has 180 valence electrons. The van der Waals surface area contributed by atoms with Crippen LogP contribution in [0.1, 0.15) is 22.8 Å². The number of alkyl halides is 1. The zero-order valence-electron chi connectivity index (χ0n) is 17.9. The zero-order chi connectivity index (χ0) is 23.4. The lowest BCUT2D eigenvalue weighted by Gasteiger charge is -2.31. The lowest BCUT2D eigenvalue weighted by Crippen LogP contribution is -2.35. The van der Waals surface area contributed by atoms with Crippen molar-refractivity contribution >= 4 is 82.0 Å². The van der Waals surface area contributed by atoms with Crippen LogP contribution in [0.15, 0.2) is 79.1 Å². The summed E-state index contributed by atoms with van der Waals surface area (Å²) in [6.07, 6.45) is 3.59. The summed E-state index contributed by atoms with van der Waals surface area (Å²) >= 11 is 31.4. The van der Waals surface area contributed by atoms with Crippen LogP contribution in [0.5, 0.6) is 0 Å². The van der Waals surface area contributed by atoms with E-state index >= 15 is 0 Å². The highest BCUT2D eigenvalue weighted by atomic mass is 127. The fraction of sp³-hybridized carbons (Fsp3) is 0.200. The number of benzene rings is 3. The van der Waals surface area contributed by atoms with Gasteiger partial charge in [0.1, 0.15) is 11.6 Å². The van der Waals surface area contributed by atoms with E-state index in [2.05, 4.69) is 4.90 Å². The molecule has 1 heterocycles. The Morgan fingerprint density at radius 2 is 1.41 bits per heavy atom. The van der Waals surface area contributed by atoms with Gasteiger partial charge in [0.15, 0.2) is 0 Å². The first-order valence-electron chi connectivity index (χ1n) is 10.3. The summed E-state index contributed by atoms with van der Waals surface area (Å²) in [6, 6.07) is 20.7. The van der Waals surface area contributed by atoms with E-state index in [1.165, 1.54) is 5.56 Å². The Morgan fingerprint density at radius 1 is 0.794 bits per heavy atom. The molecular formula is C25H22Cl5IN2O. The lowest BCUT2D eigenvalue weighted by molar-refractivity contribution is 0.00658. The molecule has 0 radical (unpaired) electrons. The van der Waals surface area contributed by atoms with Gasteiger partial charge < -0.3 is 14.5 Å². The third kappa shape index (κ3) is 7.33. The third-order valence-corrected chi connectivity index (χ3v) is 6.88. The lowest BCUT2D eigenvalue weighted by atomic mass is 10.1. The van der Waals surface area contributed by atoms with E-state index in [9.17, 15) is 0 Å². The van der Waals surface area contributed by atoms with Gasteiger partial charge in [-0.25, -0.2) is 0 Å². The van der Waals surface area contributed by atoms with Crippen LogP contribution in [0.3, 0.4) is 0 Å². The standard InChI is InChI=1S/C25H21Cl5N2O.HI/c26-20-6-1-17(2-7-20)14-31-11-12-32(16-31)25(30)24(18-3-8-21(27)9-4-18)33-15-19-5-10-22(28)13-23(19)29;/h1-13,24-25H,14-16H2;1H. The van der Waals surface area contributed by atoms with Crippen LogP contribution in [0.2, 0.25) is 20.1 Å².